The number of ether oxygens (including phenoxy) is 1. The van der Waals surface area contributed by atoms with Gasteiger partial charge in [0.25, 0.3) is 11.6 Å². The molecule has 0 fully saturated rings. The summed E-state index contributed by atoms with van der Waals surface area (Å²) in [7, 11) is 1.40. The molecule has 1 heterocycles. The number of hydrogen-bond donors (Lipinski definition) is 1. The Labute approximate surface area is 126 Å². The van der Waals surface area contributed by atoms with Gasteiger partial charge in [-0.3, -0.25) is 19.6 Å². The molecule has 1 N–H and O–H groups in total. The molecule has 8 nitrogen and oxygen atoms in total. The van der Waals surface area contributed by atoms with Gasteiger partial charge in [0.05, 0.1) is 35.0 Å². The summed E-state index contributed by atoms with van der Waals surface area (Å²) >= 11 is 0. The Balaban J connectivity index is 2.29. The molecule has 0 bridgehead atoms. The van der Waals surface area contributed by atoms with E-state index in [1.54, 1.807) is 17.8 Å². The van der Waals surface area contributed by atoms with Gasteiger partial charge in [-0.15, -0.1) is 0 Å². The predicted molar refractivity (Wildman–Crippen MR) is 80.2 cm³/mol. The first-order valence-corrected chi connectivity index (χ1v) is 6.63. The molecule has 116 valence electrons. The largest absolute Gasteiger partial charge is 0.496 e. The van der Waals surface area contributed by atoms with E-state index in [0.717, 1.165) is 0 Å². The van der Waals surface area contributed by atoms with Crippen molar-refractivity contribution in [2.75, 3.05) is 12.4 Å². The fraction of sp³-hybridized carbons (Fsp3) is 0.286. The lowest BCUT2D eigenvalue weighted by atomic mass is 10.2. The Morgan fingerprint density at radius 1 is 1.45 bits per heavy atom. The van der Waals surface area contributed by atoms with E-state index < -0.39 is 4.92 Å². The van der Waals surface area contributed by atoms with Gasteiger partial charge in [-0.25, -0.2) is 0 Å². The zero-order valence-electron chi connectivity index (χ0n) is 12.5. The van der Waals surface area contributed by atoms with Crippen molar-refractivity contribution in [3.05, 3.63) is 45.8 Å². The van der Waals surface area contributed by atoms with Gasteiger partial charge >= 0.3 is 0 Å². The first-order valence-electron chi connectivity index (χ1n) is 6.63. The highest BCUT2D eigenvalue weighted by Crippen LogP contribution is 2.26. The van der Waals surface area contributed by atoms with Crippen LogP contribution >= 0.6 is 0 Å². The highest BCUT2D eigenvalue weighted by atomic mass is 16.6. The van der Waals surface area contributed by atoms with Crippen LogP contribution in [0.3, 0.4) is 0 Å². The smallest absolute Gasteiger partial charge is 0.275 e. The number of aromatic nitrogens is 2. The number of methoxy groups -OCH3 is 1. The number of nitro benzene ring substituents is 1. The maximum Gasteiger partial charge on any atom is 0.275 e. The summed E-state index contributed by atoms with van der Waals surface area (Å²) < 4.78 is 6.66. The van der Waals surface area contributed by atoms with Gasteiger partial charge in [0.1, 0.15) is 5.75 Å². The number of nitrogens with zero attached hydrogens (tertiary/aromatic N) is 3. The van der Waals surface area contributed by atoms with E-state index >= 15 is 0 Å². The second kappa shape index (κ2) is 6.25. The molecule has 1 aromatic heterocycles. The number of anilines is 1. The van der Waals surface area contributed by atoms with Crippen molar-refractivity contribution in [3.8, 4) is 5.75 Å². The Morgan fingerprint density at radius 3 is 2.73 bits per heavy atom. The van der Waals surface area contributed by atoms with Crippen LogP contribution in [0.2, 0.25) is 0 Å². The Bertz CT molecular complexity index is 724. The fourth-order valence-corrected chi connectivity index (χ4v) is 1.98. The maximum absolute atomic E-state index is 12.3. The Hall–Kier alpha value is -2.90. The van der Waals surface area contributed by atoms with E-state index in [4.69, 9.17) is 4.74 Å². The number of carbonyl (C=O) groups is 1. The average Bonchev–Trinajstić information content (AvgIpc) is 2.88. The predicted octanol–water partition coefficient (Wildman–Crippen LogP) is 2.38. The van der Waals surface area contributed by atoms with Crippen molar-refractivity contribution < 1.29 is 14.5 Å². The molecule has 0 radical (unpaired) electrons. The lowest BCUT2D eigenvalue weighted by molar-refractivity contribution is -0.384. The van der Waals surface area contributed by atoms with Crippen molar-refractivity contribution >= 4 is 17.3 Å². The minimum absolute atomic E-state index is 0.157. The minimum atomic E-state index is -0.543. The van der Waals surface area contributed by atoms with E-state index in [1.165, 1.54) is 25.3 Å². The second-order valence-corrected chi connectivity index (χ2v) is 4.61. The lowest BCUT2D eigenvalue weighted by Gasteiger charge is -2.07. The second-order valence-electron chi connectivity index (χ2n) is 4.61. The lowest BCUT2D eigenvalue weighted by Crippen LogP contribution is -2.12. The number of benzene rings is 1. The molecule has 8 heteroatoms. The molecule has 0 saturated heterocycles. The molecule has 0 atom stereocenters. The number of nitrogens with one attached hydrogen (secondary N) is 1. The minimum Gasteiger partial charge on any atom is -0.496 e. The standard InChI is InChI=1S/C14H16N4O4/c1-4-17-8-13(9(2)16-17)14(19)15-10-5-11(18(20)21)7-12(6-10)22-3/h5-8H,4H2,1-3H3,(H,15,19). The van der Waals surface area contributed by atoms with Crippen LogP contribution in [-0.4, -0.2) is 27.7 Å². The normalized spacial score (nSPS) is 10.3. The van der Waals surface area contributed by atoms with Gasteiger partial charge in [0.15, 0.2) is 0 Å². The third-order valence-corrected chi connectivity index (χ3v) is 3.11. The maximum atomic E-state index is 12.3. The van der Waals surface area contributed by atoms with Crippen molar-refractivity contribution in [2.45, 2.75) is 20.4 Å². The zero-order valence-corrected chi connectivity index (χ0v) is 12.5. The highest BCUT2D eigenvalue weighted by Gasteiger charge is 2.16. The van der Waals surface area contributed by atoms with Crippen LogP contribution in [-0.2, 0) is 6.54 Å². The molecule has 2 rings (SSSR count). The quantitative estimate of drug-likeness (QED) is 0.675. The summed E-state index contributed by atoms with van der Waals surface area (Å²) in [4.78, 5) is 22.6. The Kier molecular flexibility index (Phi) is 4.40. The molecule has 22 heavy (non-hydrogen) atoms. The number of amides is 1. The van der Waals surface area contributed by atoms with E-state index in [2.05, 4.69) is 10.4 Å². The fourth-order valence-electron chi connectivity index (χ4n) is 1.98. The van der Waals surface area contributed by atoms with Crippen molar-refractivity contribution in [2.24, 2.45) is 0 Å². The summed E-state index contributed by atoms with van der Waals surface area (Å²) in [5.74, 6) is -0.0785. The summed E-state index contributed by atoms with van der Waals surface area (Å²) in [5, 5.41) is 17.7. The SMILES string of the molecule is CCn1cc(C(=O)Nc2cc(OC)cc([N+](=O)[O-])c2)c(C)n1. The Morgan fingerprint density at radius 2 is 2.18 bits per heavy atom. The molecule has 0 aliphatic carbocycles. The number of carbonyl (C=O) groups excluding carboxylic acids is 1. The highest BCUT2D eigenvalue weighted by molar-refractivity contribution is 6.05. The van der Waals surface area contributed by atoms with Crippen LogP contribution < -0.4 is 10.1 Å². The van der Waals surface area contributed by atoms with Crippen molar-refractivity contribution in [3.63, 3.8) is 0 Å². The number of rotatable bonds is 5. The molecule has 0 spiro atoms. The molecule has 0 unspecified atom stereocenters. The van der Waals surface area contributed by atoms with Crippen LogP contribution in [0, 0.1) is 17.0 Å². The van der Waals surface area contributed by atoms with Crippen LogP contribution in [0.5, 0.6) is 5.75 Å². The van der Waals surface area contributed by atoms with E-state index in [-0.39, 0.29) is 11.6 Å². The molecular formula is C14H16N4O4. The average molecular weight is 304 g/mol. The van der Waals surface area contributed by atoms with E-state index in [1.807, 2.05) is 6.92 Å². The van der Waals surface area contributed by atoms with E-state index in [9.17, 15) is 14.9 Å². The van der Waals surface area contributed by atoms with Crippen LogP contribution in [0.15, 0.2) is 24.4 Å². The van der Waals surface area contributed by atoms with Gasteiger partial charge in [-0.2, -0.15) is 5.10 Å². The van der Waals surface area contributed by atoms with Crippen molar-refractivity contribution in [1.82, 2.24) is 9.78 Å². The first kappa shape index (κ1) is 15.5. The van der Waals surface area contributed by atoms with Gasteiger partial charge < -0.3 is 10.1 Å². The number of hydrogen-bond acceptors (Lipinski definition) is 5. The van der Waals surface area contributed by atoms with Crippen LogP contribution in [0.1, 0.15) is 23.0 Å². The van der Waals surface area contributed by atoms with Gasteiger partial charge in [0, 0.05) is 24.9 Å². The third kappa shape index (κ3) is 3.22. The summed E-state index contributed by atoms with van der Waals surface area (Å²) in [6.07, 6.45) is 1.64. The molecule has 0 saturated carbocycles. The summed E-state index contributed by atoms with van der Waals surface area (Å²) in [6.45, 7) is 4.30. The topological polar surface area (TPSA) is 99.3 Å². The van der Waals surface area contributed by atoms with Gasteiger partial charge in [-0.05, 0) is 13.8 Å². The molecule has 0 aliphatic rings. The van der Waals surface area contributed by atoms with Gasteiger partial charge in [0.2, 0.25) is 0 Å². The molecule has 2 aromatic rings. The monoisotopic (exact) mass is 304 g/mol. The summed E-state index contributed by atoms with van der Waals surface area (Å²) in [6, 6.07) is 4.08. The molecule has 0 aliphatic heterocycles. The van der Waals surface area contributed by atoms with Crippen LogP contribution in [0.4, 0.5) is 11.4 Å². The zero-order chi connectivity index (χ0) is 16.3. The number of aryl methyl sites for hydroxylation is 2. The number of non-ortho nitro benzene ring substituents is 1. The summed E-state index contributed by atoms with van der Waals surface area (Å²) in [5.41, 5.74) is 1.15. The van der Waals surface area contributed by atoms with Gasteiger partial charge in [-0.1, -0.05) is 0 Å². The van der Waals surface area contributed by atoms with E-state index in [0.29, 0.717) is 29.2 Å². The van der Waals surface area contributed by atoms with Crippen molar-refractivity contribution in [1.29, 1.82) is 0 Å². The molecular weight excluding hydrogens is 288 g/mol. The third-order valence-electron chi connectivity index (χ3n) is 3.11. The first-order chi connectivity index (χ1) is 10.4. The molecule has 1 aromatic carbocycles. The van der Waals surface area contributed by atoms with Crippen LogP contribution in [0.25, 0.3) is 0 Å². The number of nitro groups is 1. The molecule has 1 amide bonds.